The number of carboxylic acid groups (broad SMARTS) is 2. The summed E-state index contributed by atoms with van der Waals surface area (Å²) in [5, 5.41) is 18.4. The molecule has 2 fully saturated rings. The van der Waals surface area contributed by atoms with Gasteiger partial charge in [0, 0.05) is 45.2 Å². The topological polar surface area (TPSA) is 195 Å². The number of carbonyl (C=O) groups is 2. The third-order valence-corrected chi connectivity index (χ3v) is 10.3. The molecule has 0 aromatic rings. The van der Waals surface area contributed by atoms with E-state index >= 15 is 0 Å². The third kappa shape index (κ3) is 24.6. The van der Waals surface area contributed by atoms with Crippen molar-refractivity contribution in [2.75, 3.05) is 149 Å². The van der Waals surface area contributed by atoms with Gasteiger partial charge in [-0.2, -0.15) is 23.5 Å². The van der Waals surface area contributed by atoms with Crippen LogP contribution in [0.2, 0.25) is 0 Å². The number of aliphatic carboxylic acids is 2. The number of ether oxygens (including phenoxy) is 13. The second-order valence-corrected chi connectivity index (χ2v) is 15.1. The van der Waals surface area contributed by atoms with E-state index in [1.165, 1.54) is 13.8 Å². The summed E-state index contributed by atoms with van der Waals surface area (Å²) in [4.78, 5) is 22.5. The van der Waals surface area contributed by atoms with E-state index < -0.39 is 23.5 Å². The largest absolute Gasteiger partial charge is 0.477 e. The fourth-order valence-corrected chi connectivity index (χ4v) is 6.72. The zero-order valence-electron chi connectivity index (χ0n) is 33.0. The Labute approximate surface area is 334 Å². The molecular weight excluding hydrogens is 769 g/mol. The van der Waals surface area contributed by atoms with Gasteiger partial charge in [0.2, 0.25) is 0 Å². The molecule has 0 unspecified atom stereocenters. The van der Waals surface area contributed by atoms with E-state index in [1.54, 1.807) is 23.5 Å². The lowest BCUT2D eigenvalue weighted by molar-refractivity contribution is -0.283. The molecule has 19 heteroatoms. The van der Waals surface area contributed by atoms with Gasteiger partial charge in [-0.05, 0) is 30.8 Å². The molecular formula is C36H66O17S2. The SMILES string of the molecule is CCCOCCOCCOCCOCCOCCOCCOC(CSCCCOC1COC(C)(C(=O)O)OC1)CSCCCOC1COC(C)(C(=O)O)OC1. The molecule has 2 heterocycles. The van der Waals surface area contributed by atoms with Crippen LogP contribution in [0.15, 0.2) is 0 Å². The quantitative estimate of drug-likeness (QED) is 0.0867. The van der Waals surface area contributed by atoms with Gasteiger partial charge in [-0.15, -0.1) is 0 Å². The molecule has 0 atom stereocenters. The molecule has 0 radical (unpaired) electrons. The van der Waals surface area contributed by atoms with Crippen molar-refractivity contribution in [1.29, 1.82) is 0 Å². The Morgan fingerprint density at radius 2 is 0.891 bits per heavy atom. The molecule has 2 N–H and O–H groups in total. The van der Waals surface area contributed by atoms with Crippen molar-refractivity contribution in [3.8, 4) is 0 Å². The first-order valence-electron chi connectivity index (χ1n) is 19.2. The average Bonchev–Trinajstić information content (AvgIpc) is 3.17. The maximum atomic E-state index is 11.2. The molecule has 55 heavy (non-hydrogen) atoms. The average molecular weight is 835 g/mol. The number of rotatable bonds is 37. The van der Waals surface area contributed by atoms with Crippen molar-refractivity contribution >= 4 is 35.5 Å². The summed E-state index contributed by atoms with van der Waals surface area (Å²) < 4.78 is 72.2. The minimum absolute atomic E-state index is 0.0261. The van der Waals surface area contributed by atoms with Crippen molar-refractivity contribution in [3.05, 3.63) is 0 Å². The first-order chi connectivity index (χ1) is 26.7. The van der Waals surface area contributed by atoms with Crippen molar-refractivity contribution in [1.82, 2.24) is 0 Å². The van der Waals surface area contributed by atoms with Gasteiger partial charge < -0.3 is 71.8 Å². The molecule has 17 nitrogen and oxygen atoms in total. The van der Waals surface area contributed by atoms with Crippen LogP contribution in [0.3, 0.4) is 0 Å². The second-order valence-electron chi connectivity index (χ2n) is 12.8. The van der Waals surface area contributed by atoms with E-state index in [-0.39, 0.29) is 44.7 Å². The molecule has 2 rings (SSSR count). The van der Waals surface area contributed by atoms with Crippen LogP contribution in [0.1, 0.15) is 40.0 Å². The molecule has 2 saturated heterocycles. The number of thioether (sulfide) groups is 2. The van der Waals surface area contributed by atoms with Crippen LogP contribution in [0.5, 0.6) is 0 Å². The lowest BCUT2D eigenvalue weighted by Gasteiger charge is -2.34. The number of hydrogen-bond acceptors (Lipinski definition) is 17. The number of carboxylic acids is 2. The van der Waals surface area contributed by atoms with E-state index in [0.717, 1.165) is 48.9 Å². The standard InChI is InChI=1S/C36H66O17S2/c1-4-7-41-10-11-42-12-13-43-14-15-44-16-17-45-18-19-46-20-21-49-32(28-54-22-5-8-47-30-24-50-35(2,33(37)38)51-25-30)29-55-23-6-9-48-31-26-52-36(3,34(39)40)53-27-31/h30-32H,4-29H2,1-3H3,(H,37,38)(H,39,40). The predicted molar refractivity (Wildman–Crippen MR) is 204 cm³/mol. The van der Waals surface area contributed by atoms with Crippen LogP contribution < -0.4 is 0 Å². The van der Waals surface area contributed by atoms with Gasteiger partial charge in [0.05, 0.1) is 112 Å². The van der Waals surface area contributed by atoms with Gasteiger partial charge in [0.1, 0.15) is 12.2 Å². The highest BCUT2D eigenvalue weighted by atomic mass is 32.2. The minimum atomic E-state index is -1.62. The number of hydrogen-bond donors (Lipinski definition) is 2. The predicted octanol–water partition coefficient (Wildman–Crippen LogP) is 2.59. The van der Waals surface area contributed by atoms with Crippen LogP contribution in [0.25, 0.3) is 0 Å². The molecule has 0 spiro atoms. The molecule has 0 bridgehead atoms. The molecule has 0 saturated carbocycles. The van der Waals surface area contributed by atoms with Crippen molar-refractivity contribution in [2.24, 2.45) is 0 Å². The highest BCUT2D eigenvalue weighted by Crippen LogP contribution is 2.22. The van der Waals surface area contributed by atoms with Gasteiger partial charge in [-0.3, -0.25) is 0 Å². The summed E-state index contributed by atoms with van der Waals surface area (Å²) in [7, 11) is 0. The van der Waals surface area contributed by atoms with E-state index in [9.17, 15) is 19.8 Å². The Balaban J connectivity index is 1.51. The normalized spacial score (nSPS) is 23.5. The van der Waals surface area contributed by atoms with Gasteiger partial charge in [0.25, 0.3) is 11.6 Å². The Morgan fingerprint density at radius 3 is 1.22 bits per heavy atom. The van der Waals surface area contributed by atoms with Gasteiger partial charge >= 0.3 is 11.9 Å². The molecule has 0 aromatic heterocycles. The van der Waals surface area contributed by atoms with Crippen LogP contribution in [0.4, 0.5) is 0 Å². The van der Waals surface area contributed by atoms with Crippen LogP contribution in [-0.2, 0) is 71.2 Å². The van der Waals surface area contributed by atoms with Crippen LogP contribution in [0, 0.1) is 0 Å². The summed E-state index contributed by atoms with van der Waals surface area (Å²) in [5.41, 5.74) is 0. The summed E-state index contributed by atoms with van der Waals surface area (Å²) in [6, 6.07) is 0. The van der Waals surface area contributed by atoms with E-state index in [4.69, 9.17) is 61.6 Å². The van der Waals surface area contributed by atoms with E-state index in [0.29, 0.717) is 92.5 Å². The van der Waals surface area contributed by atoms with Crippen molar-refractivity contribution in [3.63, 3.8) is 0 Å². The summed E-state index contributed by atoms with van der Waals surface area (Å²) in [5.74, 6) is -2.17. The van der Waals surface area contributed by atoms with Gasteiger partial charge in [-0.25, -0.2) is 9.59 Å². The summed E-state index contributed by atoms with van der Waals surface area (Å²) >= 11 is 3.58. The maximum Gasteiger partial charge on any atom is 0.364 e. The molecule has 2 aliphatic rings. The fraction of sp³-hybridized carbons (Fsp3) is 0.944. The second kappa shape index (κ2) is 32.0. The van der Waals surface area contributed by atoms with E-state index in [1.807, 2.05) is 0 Å². The van der Waals surface area contributed by atoms with Crippen molar-refractivity contribution in [2.45, 2.75) is 69.9 Å². The smallest absolute Gasteiger partial charge is 0.364 e. The monoisotopic (exact) mass is 834 g/mol. The third-order valence-electron chi connectivity index (χ3n) is 7.93. The zero-order valence-corrected chi connectivity index (χ0v) is 34.6. The Kier molecular flexibility index (Phi) is 29.3. The zero-order chi connectivity index (χ0) is 39.9. The summed E-state index contributed by atoms with van der Waals surface area (Å²) in [6.45, 7) is 13.4. The van der Waals surface area contributed by atoms with Gasteiger partial charge in [-0.1, -0.05) is 6.92 Å². The molecule has 2 aliphatic heterocycles. The molecule has 324 valence electrons. The van der Waals surface area contributed by atoms with Crippen LogP contribution in [-0.4, -0.2) is 201 Å². The first kappa shape index (κ1) is 50.3. The van der Waals surface area contributed by atoms with Crippen molar-refractivity contribution < 1.29 is 81.4 Å². The minimum Gasteiger partial charge on any atom is -0.477 e. The van der Waals surface area contributed by atoms with E-state index in [2.05, 4.69) is 6.92 Å². The summed E-state index contributed by atoms with van der Waals surface area (Å²) in [6.07, 6.45) is 2.09. The lowest BCUT2D eigenvalue weighted by Crippen LogP contribution is -2.50. The van der Waals surface area contributed by atoms with Crippen LogP contribution >= 0.6 is 23.5 Å². The Hall–Kier alpha value is -0.880. The molecule has 0 amide bonds. The molecule has 0 aliphatic carbocycles. The first-order valence-corrected chi connectivity index (χ1v) is 21.5. The Morgan fingerprint density at radius 1 is 0.564 bits per heavy atom. The maximum absolute atomic E-state index is 11.2. The highest BCUT2D eigenvalue weighted by molar-refractivity contribution is 8.00. The Bertz CT molecular complexity index is 899. The fourth-order valence-electron chi connectivity index (χ4n) is 4.64. The highest BCUT2D eigenvalue weighted by Gasteiger charge is 2.41. The lowest BCUT2D eigenvalue weighted by atomic mass is 10.2. The molecule has 0 aromatic carbocycles. The van der Waals surface area contributed by atoms with Gasteiger partial charge in [0.15, 0.2) is 0 Å².